The summed E-state index contributed by atoms with van der Waals surface area (Å²) in [5.41, 5.74) is -0.221. The van der Waals surface area contributed by atoms with Gasteiger partial charge in [-0.2, -0.15) is 18.4 Å². The monoisotopic (exact) mass is 456 g/mol. The second-order valence-corrected chi connectivity index (χ2v) is 8.81. The molecular formula is C22H28ClF3N4O. The van der Waals surface area contributed by atoms with Gasteiger partial charge in [-0.15, -0.1) is 0 Å². The van der Waals surface area contributed by atoms with Crippen LogP contribution in [0.5, 0.6) is 0 Å². The van der Waals surface area contributed by atoms with Crippen LogP contribution in [-0.2, 0) is 11.0 Å². The van der Waals surface area contributed by atoms with Crippen LogP contribution in [0.4, 0.5) is 18.9 Å². The second kappa shape index (κ2) is 10.6. The van der Waals surface area contributed by atoms with Crippen molar-refractivity contribution >= 4 is 23.2 Å². The quantitative estimate of drug-likeness (QED) is 0.686. The molecule has 1 aromatic carbocycles. The average Bonchev–Trinajstić information content (AvgIpc) is 2.73. The molecule has 0 spiro atoms. The minimum atomic E-state index is -4.45. The van der Waals surface area contributed by atoms with Gasteiger partial charge in [0.05, 0.1) is 16.7 Å². The summed E-state index contributed by atoms with van der Waals surface area (Å²) in [5, 5.41) is 11.2. The highest BCUT2D eigenvalue weighted by molar-refractivity contribution is 6.31. The Morgan fingerprint density at radius 2 is 1.84 bits per heavy atom. The molecule has 9 heteroatoms. The third-order valence-corrected chi connectivity index (χ3v) is 6.63. The summed E-state index contributed by atoms with van der Waals surface area (Å²) in [7, 11) is 0. The van der Waals surface area contributed by atoms with Crippen LogP contribution in [0.3, 0.4) is 0 Å². The van der Waals surface area contributed by atoms with E-state index >= 15 is 0 Å². The predicted molar refractivity (Wildman–Crippen MR) is 114 cm³/mol. The maximum atomic E-state index is 13.1. The first-order valence-corrected chi connectivity index (χ1v) is 11.1. The normalized spacial score (nSPS) is 22.7. The minimum absolute atomic E-state index is 0.0839. The predicted octanol–water partition coefficient (Wildman–Crippen LogP) is 4.46. The fraction of sp³-hybridized carbons (Fsp3) is 0.636. The number of piperazine rings is 1. The molecule has 2 fully saturated rings. The Bertz CT molecular complexity index is 795. The maximum Gasteiger partial charge on any atom is 0.417 e. The van der Waals surface area contributed by atoms with Crippen LogP contribution >= 0.6 is 11.6 Å². The number of nitrogens with zero attached hydrogens (tertiary/aromatic N) is 3. The van der Waals surface area contributed by atoms with Crippen molar-refractivity contribution in [1.29, 1.82) is 5.26 Å². The van der Waals surface area contributed by atoms with E-state index in [0.29, 0.717) is 24.7 Å². The number of halogens is 4. The lowest BCUT2D eigenvalue weighted by atomic mass is 9.84. The van der Waals surface area contributed by atoms with Crippen LogP contribution in [0.25, 0.3) is 0 Å². The first-order chi connectivity index (χ1) is 14.8. The van der Waals surface area contributed by atoms with Gasteiger partial charge in [0.1, 0.15) is 6.42 Å². The molecule has 1 saturated carbocycles. The van der Waals surface area contributed by atoms with Gasteiger partial charge in [-0.25, -0.2) is 0 Å². The van der Waals surface area contributed by atoms with Gasteiger partial charge in [0.2, 0.25) is 5.91 Å². The highest BCUT2D eigenvalue weighted by Gasteiger charge is 2.34. The van der Waals surface area contributed by atoms with Crippen molar-refractivity contribution in [2.75, 3.05) is 37.6 Å². The number of alkyl halides is 3. The smallest absolute Gasteiger partial charge is 0.369 e. The van der Waals surface area contributed by atoms with E-state index in [0.717, 1.165) is 57.8 Å². The maximum absolute atomic E-state index is 13.1. The summed E-state index contributed by atoms with van der Waals surface area (Å²) < 4.78 is 39.3. The molecule has 3 rings (SSSR count). The Morgan fingerprint density at radius 3 is 2.45 bits per heavy atom. The van der Waals surface area contributed by atoms with E-state index in [9.17, 15) is 18.0 Å². The Balaban J connectivity index is 1.40. The lowest BCUT2D eigenvalue weighted by Gasteiger charge is -2.37. The van der Waals surface area contributed by atoms with Gasteiger partial charge >= 0.3 is 6.18 Å². The molecule has 0 radical (unpaired) electrons. The molecule has 1 aliphatic heterocycles. The van der Waals surface area contributed by atoms with Crippen LogP contribution in [0.1, 0.15) is 44.1 Å². The van der Waals surface area contributed by atoms with Crippen LogP contribution in [0, 0.1) is 17.2 Å². The number of hydrogen-bond donors (Lipinski definition) is 1. The Labute approximate surface area is 186 Å². The van der Waals surface area contributed by atoms with Crippen LogP contribution in [-0.4, -0.2) is 49.6 Å². The molecule has 1 saturated heterocycles. The van der Waals surface area contributed by atoms with Crippen molar-refractivity contribution in [2.24, 2.45) is 5.92 Å². The average molecular weight is 457 g/mol. The lowest BCUT2D eigenvalue weighted by molar-refractivity contribution is -0.137. The molecule has 0 unspecified atom stereocenters. The lowest BCUT2D eigenvalue weighted by Crippen LogP contribution is -2.47. The molecule has 31 heavy (non-hydrogen) atoms. The van der Waals surface area contributed by atoms with Crippen molar-refractivity contribution in [3.63, 3.8) is 0 Å². The molecule has 1 N–H and O–H groups in total. The van der Waals surface area contributed by atoms with Gasteiger partial charge in [0, 0.05) is 37.9 Å². The van der Waals surface area contributed by atoms with Gasteiger partial charge in [0.15, 0.2) is 0 Å². The van der Waals surface area contributed by atoms with E-state index in [1.165, 1.54) is 6.07 Å². The molecule has 1 aromatic rings. The van der Waals surface area contributed by atoms with E-state index in [4.69, 9.17) is 16.9 Å². The van der Waals surface area contributed by atoms with E-state index in [1.54, 1.807) is 6.07 Å². The van der Waals surface area contributed by atoms with E-state index in [1.807, 2.05) is 11.0 Å². The summed E-state index contributed by atoms with van der Waals surface area (Å²) in [5.74, 6) is 0.444. The Hall–Kier alpha value is -1.98. The van der Waals surface area contributed by atoms with Crippen molar-refractivity contribution < 1.29 is 18.0 Å². The zero-order valence-corrected chi connectivity index (χ0v) is 18.2. The highest BCUT2D eigenvalue weighted by atomic mass is 35.5. The number of carbonyl (C=O) groups excluding carboxylic acids is 1. The van der Waals surface area contributed by atoms with E-state index < -0.39 is 11.7 Å². The topological polar surface area (TPSA) is 59.4 Å². The molecule has 170 valence electrons. The third-order valence-electron chi connectivity index (χ3n) is 6.30. The summed E-state index contributed by atoms with van der Waals surface area (Å²) in [4.78, 5) is 15.9. The summed E-state index contributed by atoms with van der Waals surface area (Å²) in [6, 6.07) is 6.18. The number of amides is 1. The molecule has 1 aliphatic carbocycles. The standard InChI is InChI=1S/C22H28ClF3N4O/c23-20-6-5-18(15-19(20)22(24,25)26)30-13-11-29(12-14-30)10-8-16-1-3-17(4-2-16)28-21(31)7-9-27/h5-6,15-17H,1-4,7-8,10-14H2,(H,28,31)/t16-,17-. The number of nitriles is 1. The fourth-order valence-electron chi connectivity index (χ4n) is 4.47. The number of nitrogens with one attached hydrogen (secondary N) is 1. The van der Waals surface area contributed by atoms with Gasteiger partial charge in [0.25, 0.3) is 0 Å². The molecule has 1 heterocycles. The number of rotatable bonds is 6. The van der Waals surface area contributed by atoms with Crippen molar-refractivity contribution in [3.8, 4) is 6.07 Å². The summed E-state index contributed by atoms with van der Waals surface area (Å²) in [6.07, 6.45) is 0.607. The Morgan fingerprint density at radius 1 is 1.16 bits per heavy atom. The number of hydrogen-bond acceptors (Lipinski definition) is 4. The van der Waals surface area contributed by atoms with Crippen molar-refractivity contribution in [3.05, 3.63) is 28.8 Å². The molecular weight excluding hydrogens is 429 g/mol. The van der Waals surface area contributed by atoms with Crippen molar-refractivity contribution in [2.45, 2.75) is 50.7 Å². The zero-order chi connectivity index (χ0) is 22.4. The van der Waals surface area contributed by atoms with Gasteiger partial charge < -0.3 is 10.2 Å². The summed E-state index contributed by atoms with van der Waals surface area (Å²) in [6.45, 7) is 4.01. The molecule has 0 aromatic heterocycles. The number of benzene rings is 1. The first-order valence-electron chi connectivity index (χ1n) is 10.8. The molecule has 5 nitrogen and oxygen atoms in total. The molecule has 0 atom stereocenters. The fourth-order valence-corrected chi connectivity index (χ4v) is 4.69. The molecule has 0 bridgehead atoms. The number of anilines is 1. The van der Waals surface area contributed by atoms with Crippen LogP contribution in [0.2, 0.25) is 5.02 Å². The van der Waals surface area contributed by atoms with Gasteiger partial charge in [-0.3, -0.25) is 9.69 Å². The van der Waals surface area contributed by atoms with Crippen molar-refractivity contribution in [1.82, 2.24) is 10.2 Å². The van der Waals surface area contributed by atoms with Crippen LogP contribution < -0.4 is 10.2 Å². The second-order valence-electron chi connectivity index (χ2n) is 8.40. The number of carbonyl (C=O) groups is 1. The van der Waals surface area contributed by atoms with Gasteiger partial charge in [-0.1, -0.05) is 11.6 Å². The van der Waals surface area contributed by atoms with E-state index in [-0.39, 0.29) is 23.4 Å². The SMILES string of the molecule is N#CCC(=O)N[C@H]1CC[C@H](CCN2CCN(c3ccc(Cl)c(C(F)(F)F)c3)CC2)CC1. The molecule has 2 aliphatic rings. The molecule has 1 amide bonds. The largest absolute Gasteiger partial charge is 0.417 e. The van der Waals surface area contributed by atoms with Crippen LogP contribution in [0.15, 0.2) is 18.2 Å². The zero-order valence-electron chi connectivity index (χ0n) is 17.4. The van der Waals surface area contributed by atoms with E-state index in [2.05, 4.69) is 10.2 Å². The first kappa shape index (κ1) is 23.7. The third kappa shape index (κ3) is 6.75. The highest BCUT2D eigenvalue weighted by Crippen LogP contribution is 2.37. The van der Waals surface area contributed by atoms with Gasteiger partial charge in [-0.05, 0) is 62.8 Å². The summed E-state index contributed by atoms with van der Waals surface area (Å²) >= 11 is 5.73. The minimum Gasteiger partial charge on any atom is -0.369 e. The Kier molecular flexibility index (Phi) is 8.06.